The van der Waals surface area contributed by atoms with E-state index >= 15 is 0 Å². The van der Waals surface area contributed by atoms with Gasteiger partial charge in [-0.05, 0) is 31.0 Å². The lowest BCUT2D eigenvalue weighted by molar-refractivity contribution is 0.457. The molecule has 88 valence electrons. The van der Waals surface area contributed by atoms with Crippen LogP contribution in [0.3, 0.4) is 0 Å². The monoisotopic (exact) mass is 229 g/mol. The van der Waals surface area contributed by atoms with Crippen LogP contribution in [0.1, 0.15) is 11.1 Å². The van der Waals surface area contributed by atoms with Crippen LogP contribution >= 0.6 is 0 Å². The van der Waals surface area contributed by atoms with Crippen LogP contribution in [0.4, 0.5) is 5.82 Å². The number of nitrogens with zero attached hydrogens (tertiary/aromatic N) is 2. The van der Waals surface area contributed by atoms with Gasteiger partial charge in [0.2, 0.25) is 5.88 Å². The molecule has 0 aliphatic carbocycles. The predicted molar refractivity (Wildman–Crippen MR) is 67.6 cm³/mol. The minimum absolute atomic E-state index is 0.491. The topological polar surface area (TPSA) is 47.0 Å². The van der Waals surface area contributed by atoms with Crippen molar-refractivity contribution in [2.75, 3.05) is 12.4 Å². The number of rotatable bonds is 3. The molecule has 1 N–H and O–H groups in total. The van der Waals surface area contributed by atoms with Crippen LogP contribution in [0.25, 0.3) is 0 Å². The normalized spacial score (nSPS) is 10.1. The summed E-state index contributed by atoms with van der Waals surface area (Å²) in [6.45, 7) is 4.08. The summed E-state index contributed by atoms with van der Waals surface area (Å²) >= 11 is 0. The molecule has 2 aromatic rings. The third-order valence-electron chi connectivity index (χ3n) is 2.64. The fourth-order valence-corrected chi connectivity index (χ4v) is 1.47. The van der Waals surface area contributed by atoms with Crippen LogP contribution in [-0.2, 0) is 0 Å². The van der Waals surface area contributed by atoms with Gasteiger partial charge in [0.15, 0.2) is 0 Å². The van der Waals surface area contributed by atoms with Gasteiger partial charge in [0.05, 0.1) is 12.4 Å². The quantitative estimate of drug-likeness (QED) is 0.879. The van der Waals surface area contributed by atoms with Crippen molar-refractivity contribution in [3.05, 3.63) is 41.7 Å². The van der Waals surface area contributed by atoms with Crippen LogP contribution in [0.2, 0.25) is 0 Å². The van der Waals surface area contributed by atoms with Gasteiger partial charge in [-0.2, -0.15) is 4.98 Å². The summed E-state index contributed by atoms with van der Waals surface area (Å²) < 4.78 is 5.72. The van der Waals surface area contributed by atoms with Gasteiger partial charge >= 0.3 is 0 Å². The molecular formula is C13H15N3O. The highest BCUT2D eigenvalue weighted by atomic mass is 16.5. The Morgan fingerprint density at radius 2 is 2.00 bits per heavy atom. The number of nitrogens with one attached hydrogen (secondary N) is 1. The predicted octanol–water partition coefficient (Wildman–Crippen LogP) is 2.93. The molecule has 0 radical (unpaired) electrons. The van der Waals surface area contributed by atoms with Crippen LogP contribution in [0.5, 0.6) is 11.6 Å². The Kier molecular flexibility index (Phi) is 3.23. The van der Waals surface area contributed by atoms with Gasteiger partial charge in [-0.15, -0.1) is 0 Å². The average Bonchev–Trinajstić information content (AvgIpc) is 2.35. The molecule has 1 aromatic heterocycles. The van der Waals surface area contributed by atoms with E-state index in [1.165, 1.54) is 5.56 Å². The molecule has 17 heavy (non-hydrogen) atoms. The zero-order valence-electron chi connectivity index (χ0n) is 10.2. The summed E-state index contributed by atoms with van der Waals surface area (Å²) in [6, 6.07) is 5.95. The van der Waals surface area contributed by atoms with E-state index in [1.54, 1.807) is 19.4 Å². The molecule has 0 fully saturated rings. The number of hydrogen-bond donors (Lipinski definition) is 1. The Labute approximate surface area is 101 Å². The van der Waals surface area contributed by atoms with E-state index in [-0.39, 0.29) is 0 Å². The van der Waals surface area contributed by atoms with Crippen molar-refractivity contribution in [1.29, 1.82) is 0 Å². The molecule has 0 atom stereocenters. The van der Waals surface area contributed by atoms with E-state index in [0.29, 0.717) is 11.7 Å². The Balaban J connectivity index is 2.28. The lowest BCUT2D eigenvalue weighted by Gasteiger charge is -2.09. The van der Waals surface area contributed by atoms with E-state index < -0.39 is 0 Å². The van der Waals surface area contributed by atoms with Gasteiger partial charge in [-0.3, -0.25) is 4.98 Å². The molecule has 0 saturated carbocycles. The van der Waals surface area contributed by atoms with Crippen LogP contribution in [0, 0.1) is 13.8 Å². The summed E-state index contributed by atoms with van der Waals surface area (Å²) in [5, 5.41) is 2.93. The van der Waals surface area contributed by atoms with Gasteiger partial charge in [0.25, 0.3) is 0 Å². The highest BCUT2D eigenvalue weighted by Crippen LogP contribution is 2.25. The van der Waals surface area contributed by atoms with Crippen molar-refractivity contribution in [2.24, 2.45) is 0 Å². The number of anilines is 1. The molecular weight excluding hydrogens is 214 g/mol. The van der Waals surface area contributed by atoms with Crippen LogP contribution in [0.15, 0.2) is 30.6 Å². The van der Waals surface area contributed by atoms with Crippen molar-refractivity contribution < 1.29 is 4.74 Å². The van der Waals surface area contributed by atoms with Crippen molar-refractivity contribution in [3.63, 3.8) is 0 Å². The first-order chi connectivity index (χ1) is 8.20. The van der Waals surface area contributed by atoms with Crippen molar-refractivity contribution in [3.8, 4) is 11.6 Å². The highest BCUT2D eigenvalue weighted by Gasteiger charge is 2.05. The molecule has 4 nitrogen and oxygen atoms in total. The second kappa shape index (κ2) is 4.82. The largest absolute Gasteiger partial charge is 0.437 e. The lowest BCUT2D eigenvalue weighted by Crippen LogP contribution is -1.97. The molecule has 4 heteroatoms. The Morgan fingerprint density at radius 1 is 1.18 bits per heavy atom. The summed E-state index contributed by atoms with van der Waals surface area (Å²) in [5.74, 6) is 1.99. The second-order valence-electron chi connectivity index (χ2n) is 3.79. The number of aryl methyl sites for hydroxylation is 1. The van der Waals surface area contributed by atoms with E-state index in [0.717, 1.165) is 11.3 Å². The summed E-state index contributed by atoms with van der Waals surface area (Å²) in [5.41, 5.74) is 2.31. The molecule has 0 aliphatic heterocycles. The fourth-order valence-electron chi connectivity index (χ4n) is 1.47. The third kappa shape index (κ3) is 2.53. The smallest absolute Gasteiger partial charge is 0.239 e. The number of benzene rings is 1. The highest BCUT2D eigenvalue weighted by molar-refractivity contribution is 5.41. The molecule has 0 saturated heterocycles. The second-order valence-corrected chi connectivity index (χ2v) is 3.79. The van der Waals surface area contributed by atoms with E-state index in [1.807, 2.05) is 19.1 Å². The zero-order valence-corrected chi connectivity index (χ0v) is 10.2. The van der Waals surface area contributed by atoms with Gasteiger partial charge < -0.3 is 10.1 Å². The third-order valence-corrected chi connectivity index (χ3v) is 2.64. The van der Waals surface area contributed by atoms with Gasteiger partial charge in [-0.1, -0.05) is 12.1 Å². The SMILES string of the molecule is CNc1cncc(Oc2cccc(C)c2C)n1. The van der Waals surface area contributed by atoms with E-state index in [9.17, 15) is 0 Å². The van der Waals surface area contributed by atoms with E-state index in [4.69, 9.17) is 4.74 Å². The maximum Gasteiger partial charge on any atom is 0.239 e. The Morgan fingerprint density at radius 3 is 2.76 bits per heavy atom. The van der Waals surface area contributed by atoms with Crippen LogP contribution in [-0.4, -0.2) is 17.0 Å². The first-order valence-corrected chi connectivity index (χ1v) is 5.44. The molecule has 2 rings (SSSR count). The van der Waals surface area contributed by atoms with Crippen molar-refractivity contribution in [1.82, 2.24) is 9.97 Å². The first kappa shape index (κ1) is 11.4. The molecule has 1 aromatic carbocycles. The number of ether oxygens (including phenoxy) is 1. The summed E-state index contributed by atoms with van der Waals surface area (Å²) in [4.78, 5) is 8.32. The minimum atomic E-state index is 0.491. The van der Waals surface area contributed by atoms with Crippen LogP contribution < -0.4 is 10.1 Å². The van der Waals surface area contributed by atoms with Gasteiger partial charge in [0, 0.05) is 7.05 Å². The average molecular weight is 229 g/mol. The molecule has 0 spiro atoms. The molecule has 0 aliphatic rings. The summed E-state index contributed by atoms with van der Waals surface area (Å²) in [6.07, 6.45) is 3.25. The standard InChI is InChI=1S/C13H15N3O/c1-9-5-4-6-11(10(9)2)17-13-8-15-7-12(14-3)16-13/h4-8H,1-3H3,(H,14,16). The van der Waals surface area contributed by atoms with Gasteiger partial charge in [-0.25, -0.2) is 0 Å². The summed E-state index contributed by atoms with van der Waals surface area (Å²) in [7, 11) is 1.80. The maximum absolute atomic E-state index is 5.72. The van der Waals surface area contributed by atoms with Crippen molar-refractivity contribution in [2.45, 2.75) is 13.8 Å². The number of aromatic nitrogens is 2. The lowest BCUT2D eigenvalue weighted by atomic mass is 10.1. The van der Waals surface area contributed by atoms with Gasteiger partial charge in [0.1, 0.15) is 11.6 Å². The number of hydrogen-bond acceptors (Lipinski definition) is 4. The first-order valence-electron chi connectivity index (χ1n) is 5.44. The van der Waals surface area contributed by atoms with E-state index in [2.05, 4.69) is 28.3 Å². The molecule has 0 bridgehead atoms. The molecule has 0 unspecified atom stereocenters. The zero-order chi connectivity index (χ0) is 12.3. The molecule has 1 heterocycles. The molecule has 0 amide bonds. The van der Waals surface area contributed by atoms with Crippen molar-refractivity contribution >= 4 is 5.82 Å². The maximum atomic E-state index is 5.72. The fraction of sp³-hybridized carbons (Fsp3) is 0.231. The Hall–Kier alpha value is -2.10. The Bertz CT molecular complexity index is 526. The minimum Gasteiger partial charge on any atom is -0.437 e.